The summed E-state index contributed by atoms with van der Waals surface area (Å²) in [5, 5.41) is 9.73. The quantitative estimate of drug-likeness (QED) is 0.917. The highest BCUT2D eigenvalue weighted by Gasteiger charge is 2.24. The normalized spacial score (nSPS) is 26.9. The summed E-state index contributed by atoms with van der Waals surface area (Å²) in [5.41, 5.74) is 0.877. The number of ether oxygens (including phenoxy) is 3. The fraction of sp³-hybridized carbons (Fsp3) is 0.500. The van der Waals surface area contributed by atoms with Gasteiger partial charge >= 0.3 is 0 Å². The van der Waals surface area contributed by atoms with Crippen LogP contribution in [0.2, 0.25) is 0 Å². The second kappa shape index (κ2) is 6.77. The fourth-order valence-electron chi connectivity index (χ4n) is 2.29. The van der Waals surface area contributed by atoms with Crippen LogP contribution >= 0.6 is 0 Å². The predicted molar refractivity (Wildman–Crippen MR) is 77.8 cm³/mol. The Bertz CT molecular complexity index is 470. The van der Waals surface area contributed by atoms with Crippen molar-refractivity contribution in [2.24, 2.45) is 0 Å². The highest BCUT2D eigenvalue weighted by Crippen LogP contribution is 2.27. The lowest BCUT2D eigenvalue weighted by Gasteiger charge is -2.32. The lowest BCUT2D eigenvalue weighted by molar-refractivity contribution is -0.214. The lowest BCUT2D eigenvalue weighted by atomic mass is 10.1. The van der Waals surface area contributed by atoms with Gasteiger partial charge in [0.1, 0.15) is 0 Å². The van der Waals surface area contributed by atoms with E-state index in [1.165, 1.54) is 7.11 Å². The summed E-state index contributed by atoms with van der Waals surface area (Å²) in [6.07, 6.45) is 5.80. The molecule has 1 aromatic carbocycles. The monoisotopic (exact) mass is 278 g/mol. The number of benzene rings is 1. The van der Waals surface area contributed by atoms with Crippen LogP contribution in [0, 0.1) is 0 Å². The lowest BCUT2D eigenvalue weighted by Crippen LogP contribution is -2.35. The van der Waals surface area contributed by atoms with Gasteiger partial charge in [0.2, 0.25) is 0 Å². The van der Waals surface area contributed by atoms with Gasteiger partial charge < -0.3 is 19.3 Å². The van der Waals surface area contributed by atoms with Crippen LogP contribution in [0.1, 0.15) is 32.3 Å². The molecule has 3 unspecified atom stereocenters. The van der Waals surface area contributed by atoms with Crippen LogP contribution in [-0.2, 0) is 9.47 Å². The first-order valence-electron chi connectivity index (χ1n) is 6.98. The number of hydrogen-bond donors (Lipinski definition) is 1. The molecule has 1 aromatic rings. The number of aromatic hydroxyl groups is 1. The Kier molecular flexibility index (Phi) is 5.04. The maximum Gasteiger partial charge on any atom is 0.177 e. The fourth-order valence-corrected chi connectivity index (χ4v) is 2.29. The molecule has 0 aromatic heterocycles. The van der Waals surface area contributed by atoms with Crippen molar-refractivity contribution in [1.82, 2.24) is 0 Å². The summed E-state index contributed by atoms with van der Waals surface area (Å²) in [6, 6.07) is 5.26. The third kappa shape index (κ3) is 3.74. The molecule has 4 heteroatoms. The van der Waals surface area contributed by atoms with Crippen molar-refractivity contribution >= 4 is 6.08 Å². The van der Waals surface area contributed by atoms with Gasteiger partial charge in [-0.05, 0) is 43.5 Å². The molecule has 1 fully saturated rings. The average Bonchev–Trinajstić information content (AvgIpc) is 2.44. The maximum atomic E-state index is 9.73. The van der Waals surface area contributed by atoms with Crippen LogP contribution in [0.4, 0.5) is 0 Å². The van der Waals surface area contributed by atoms with Gasteiger partial charge in [-0.1, -0.05) is 19.1 Å². The van der Waals surface area contributed by atoms with E-state index < -0.39 is 0 Å². The first-order chi connectivity index (χ1) is 9.62. The number of phenols is 1. The van der Waals surface area contributed by atoms with E-state index in [1.807, 2.05) is 18.2 Å². The van der Waals surface area contributed by atoms with E-state index in [2.05, 4.69) is 13.8 Å². The van der Waals surface area contributed by atoms with Crippen molar-refractivity contribution in [2.75, 3.05) is 7.11 Å². The Morgan fingerprint density at radius 3 is 2.85 bits per heavy atom. The zero-order valence-corrected chi connectivity index (χ0v) is 12.2. The Labute approximate surface area is 120 Å². The van der Waals surface area contributed by atoms with E-state index in [1.54, 1.807) is 12.1 Å². The van der Waals surface area contributed by atoms with Gasteiger partial charge in [0.15, 0.2) is 17.8 Å². The van der Waals surface area contributed by atoms with Crippen LogP contribution in [0.5, 0.6) is 11.5 Å². The zero-order valence-electron chi connectivity index (χ0n) is 12.2. The summed E-state index contributed by atoms with van der Waals surface area (Å²) in [5.74, 6) is 0.590. The van der Waals surface area contributed by atoms with Crippen LogP contribution in [0.25, 0.3) is 6.08 Å². The summed E-state index contributed by atoms with van der Waals surface area (Å²) in [4.78, 5) is 0. The number of hydrogen-bond acceptors (Lipinski definition) is 4. The Morgan fingerprint density at radius 1 is 1.40 bits per heavy atom. The first-order valence-corrected chi connectivity index (χ1v) is 6.98. The van der Waals surface area contributed by atoms with Gasteiger partial charge in [-0.2, -0.15) is 0 Å². The standard InChI is InChI=1S/C16H22O4/c1-4-13-9-11(2)19-16(20-13)8-6-12-5-7-15(18-3)14(17)10-12/h5-8,10-11,13,16-17H,4,9H2,1-3H3/b8-6+. The average molecular weight is 278 g/mol. The molecule has 0 amide bonds. The SMILES string of the molecule is CCC1CC(C)OC(/C=C/c2ccc(OC)c(O)c2)O1. The molecule has 1 saturated heterocycles. The molecule has 1 aliphatic heterocycles. The highest BCUT2D eigenvalue weighted by atomic mass is 16.7. The summed E-state index contributed by atoms with van der Waals surface area (Å²) in [7, 11) is 1.53. The van der Waals surface area contributed by atoms with E-state index in [-0.39, 0.29) is 24.2 Å². The van der Waals surface area contributed by atoms with Gasteiger partial charge in [-0.25, -0.2) is 0 Å². The largest absolute Gasteiger partial charge is 0.504 e. The second-order valence-corrected chi connectivity index (χ2v) is 5.01. The van der Waals surface area contributed by atoms with Gasteiger partial charge in [-0.3, -0.25) is 0 Å². The molecule has 0 saturated carbocycles. The summed E-state index contributed by atoms with van der Waals surface area (Å²) < 4.78 is 16.5. The molecule has 4 nitrogen and oxygen atoms in total. The van der Waals surface area contributed by atoms with Crippen LogP contribution in [0.15, 0.2) is 24.3 Å². The Hall–Kier alpha value is -1.52. The molecule has 0 radical (unpaired) electrons. The zero-order chi connectivity index (χ0) is 14.5. The van der Waals surface area contributed by atoms with Crippen molar-refractivity contribution < 1.29 is 19.3 Å². The first kappa shape index (κ1) is 14.9. The molecular formula is C16H22O4. The minimum Gasteiger partial charge on any atom is -0.504 e. The van der Waals surface area contributed by atoms with E-state index >= 15 is 0 Å². The van der Waals surface area contributed by atoms with Crippen molar-refractivity contribution in [3.8, 4) is 11.5 Å². The van der Waals surface area contributed by atoms with Crippen molar-refractivity contribution in [1.29, 1.82) is 0 Å². The second-order valence-electron chi connectivity index (χ2n) is 5.01. The molecule has 0 bridgehead atoms. The van der Waals surface area contributed by atoms with E-state index in [0.717, 1.165) is 18.4 Å². The van der Waals surface area contributed by atoms with Gasteiger partial charge in [-0.15, -0.1) is 0 Å². The van der Waals surface area contributed by atoms with Crippen molar-refractivity contribution in [2.45, 2.75) is 45.2 Å². The highest BCUT2D eigenvalue weighted by molar-refractivity contribution is 5.55. The minimum atomic E-state index is -0.326. The van der Waals surface area contributed by atoms with Crippen molar-refractivity contribution in [3.63, 3.8) is 0 Å². The van der Waals surface area contributed by atoms with Crippen molar-refractivity contribution in [3.05, 3.63) is 29.8 Å². The molecule has 3 atom stereocenters. The number of methoxy groups -OCH3 is 1. The van der Waals surface area contributed by atoms with Gasteiger partial charge in [0, 0.05) is 0 Å². The van der Waals surface area contributed by atoms with E-state index in [9.17, 15) is 5.11 Å². The molecule has 1 aliphatic rings. The molecule has 0 aliphatic carbocycles. The predicted octanol–water partition coefficient (Wildman–Crippen LogP) is 3.34. The maximum absolute atomic E-state index is 9.73. The van der Waals surface area contributed by atoms with Crippen LogP contribution in [-0.4, -0.2) is 30.7 Å². The molecule has 1 heterocycles. The third-order valence-corrected chi connectivity index (χ3v) is 3.39. The van der Waals surface area contributed by atoms with Crippen LogP contribution < -0.4 is 4.74 Å². The minimum absolute atomic E-state index is 0.125. The van der Waals surface area contributed by atoms with E-state index in [4.69, 9.17) is 14.2 Å². The van der Waals surface area contributed by atoms with Gasteiger partial charge in [0.25, 0.3) is 0 Å². The Balaban J connectivity index is 2.03. The Morgan fingerprint density at radius 2 is 2.20 bits per heavy atom. The molecule has 110 valence electrons. The molecule has 1 N–H and O–H groups in total. The molecular weight excluding hydrogens is 256 g/mol. The van der Waals surface area contributed by atoms with Crippen LogP contribution in [0.3, 0.4) is 0 Å². The van der Waals surface area contributed by atoms with Gasteiger partial charge in [0.05, 0.1) is 19.3 Å². The molecule has 2 rings (SSSR count). The molecule has 20 heavy (non-hydrogen) atoms. The number of rotatable bonds is 4. The molecule has 0 spiro atoms. The topological polar surface area (TPSA) is 47.9 Å². The third-order valence-electron chi connectivity index (χ3n) is 3.39. The summed E-state index contributed by atoms with van der Waals surface area (Å²) in [6.45, 7) is 4.18. The summed E-state index contributed by atoms with van der Waals surface area (Å²) >= 11 is 0. The number of phenolic OH excluding ortho intramolecular Hbond substituents is 1. The van der Waals surface area contributed by atoms with E-state index in [0.29, 0.717) is 5.75 Å². The smallest absolute Gasteiger partial charge is 0.177 e.